The lowest BCUT2D eigenvalue weighted by molar-refractivity contribution is -0.135. The van der Waals surface area contributed by atoms with E-state index in [0.717, 1.165) is 38.8 Å². The molecule has 25 heavy (non-hydrogen) atoms. The van der Waals surface area contributed by atoms with Crippen LogP contribution in [0.1, 0.15) is 36.8 Å². The molecular formula is C19H25N3O3. The summed E-state index contributed by atoms with van der Waals surface area (Å²) in [5.41, 5.74) is 2.65. The zero-order chi connectivity index (χ0) is 17.8. The zero-order valence-corrected chi connectivity index (χ0v) is 14.6. The molecule has 1 aromatic carbocycles. The Morgan fingerprint density at radius 1 is 1.16 bits per heavy atom. The van der Waals surface area contributed by atoms with Gasteiger partial charge in [-0.1, -0.05) is 29.8 Å². The largest absolute Gasteiger partial charge is 0.343 e. The van der Waals surface area contributed by atoms with Crippen LogP contribution >= 0.6 is 0 Å². The maximum Gasteiger partial charge on any atom is 0.322 e. The number of rotatable bonds is 5. The Bertz CT molecular complexity index is 648. The second-order valence-electron chi connectivity index (χ2n) is 7.07. The van der Waals surface area contributed by atoms with E-state index >= 15 is 0 Å². The minimum absolute atomic E-state index is 0.0472. The number of hydrogen-bond donors (Lipinski definition) is 2. The molecule has 0 aliphatic carbocycles. The zero-order valence-electron chi connectivity index (χ0n) is 14.6. The second-order valence-corrected chi connectivity index (χ2v) is 7.07. The molecule has 2 saturated heterocycles. The highest BCUT2D eigenvalue weighted by atomic mass is 16.2. The van der Waals surface area contributed by atoms with E-state index in [-0.39, 0.29) is 12.3 Å². The highest BCUT2D eigenvalue weighted by Gasteiger charge is 2.33. The van der Waals surface area contributed by atoms with Crippen LogP contribution in [0.25, 0.3) is 0 Å². The maximum atomic E-state index is 12.3. The van der Waals surface area contributed by atoms with Gasteiger partial charge in [0.2, 0.25) is 5.91 Å². The fourth-order valence-electron chi connectivity index (χ4n) is 3.50. The Balaban J connectivity index is 1.40. The number of carbonyl (C=O) groups excluding carboxylic acids is 3. The summed E-state index contributed by atoms with van der Waals surface area (Å²) in [6.07, 6.45) is 4.27. The standard InChI is InChI=1S/C19H25N3O3/c1-13-2-4-14(5-3-13)6-7-15-8-10-22(11-9-15)17(23)12-16-18(24)21-19(25)20-16/h2-5,15-16H,6-12H2,1H3,(H2,20,21,24,25)/t16-/m1/s1. The van der Waals surface area contributed by atoms with Crippen molar-refractivity contribution in [3.8, 4) is 0 Å². The number of carbonyl (C=O) groups is 3. The predicted octanol–water partition coefficient (Wildman–Crippen LogP) is 1.76. The summed E-state index contributed by atoms with van der Waals surface area (Å²) in [5.74, 6) is 0.172. The molecule has 4 amide bonds. The second kappa shape index (κ2) is 7.68. The molecule has 0 radical (unpaired) electrons. The van der Waals surface area contributed by atoms with Crippen molar-refractivity contribution in [2.75, 3.05) is 13.1 Å². The molecule has 0 unspecified atom stereocenters. The fraction of sp³-hybridized carbons (Fsp3) is 0.526. The smallest absolute Gasteiger partial charge is 0.322 e. The van der Waals surface area contributed by atoms with Gasteiger partial charge >= 0.3 is 6.03 Å². The van der Waals surface area contributed by atoms with Gasteiger partial charge in [-0.25, -0.2) is 4.79 Å². The Hall–Kier alpha value is -2.37. The maximum absolute atomic E-state index is 12.3. The van der Waals surface area contributed by atoms with Gasteiger partial charge in [0, 0.05) is 13.1 Å². The molecule has 1 aromatic rings. The van der Waals surface area contributed by atoms with Crippen molar-refractivity contribution in [1.29, 1.82) is 0 Å². The number of amides is 4. The summed E-state index contributed by atoms with van der Waals surface area (Å²) in [4.78, 5) is 36.8. The number of nitrogens with zero attached hydrogens (tertiary/aromatic N) is 1. The molecule has 6 heteroatoms. The SMILES string of the molecule is Cc1ccc(CCC2CCN(C(=O)C[C@H]3NC(=O)NC3=O)CC2)cc1. The van der Waals surface area contributed by atoms with Crippen LogP contribution in [0.4, 0.5) is 4.79 Å². The van der Waals surface area contributed by atoms with E-state index in [1.165, 1.54) is 11.1 Å². The van der Waals surface area contributed by atoms with Crippen LogP contribution in [-0.4, -0.2) is 41.9 Å². The van der Waals surface area contributed by atoms with Crippen LogP contribution in [0.2, 0.25) is 0 Å². The van der Waals surface area contributed by atoms with Crippen molar-refractivity contribution >= 4 is 17.8 Å². The number of hydrogen-bond acceptors (Lipinski definition) is 3. The van der Waals surface area contributed by atoms with E-state index in [4.69, 9.17) is 0 Å². The molecule has 2 N–H and O–H groups in total. The number of aryl methyl sites for hydroxylation is 2. The first-order valence-electron chi connectivity index (χ1n) is 8.96. The van der Waals surface area contributed by atoms with Crippen LogP contribution in [0, 0.1) is 12.8 Å². The van der Waals surface area contributed by atoms with E-state index in [1.807, 2.05) is 4.90 Å². The van der Waals surface area contributed by atoms with Gasteiger partial charge in [0.15, 0.2) is 0 Å². The van der Waals surface area contributed by atoms with E-state index < -0.39 is 18.0 Å². The normalized spacial score (nSPS) is 21.2. The van der Waals surface area contributed by atoms with Gasteiger partial charge in [-0.15, -0.1) is 0 Å². The Labute approximate surface area is 148 Å². The van der Waals surface area contributed by atoms with Crippen LogP contribution in [-0.2, 0) is 16.0 Å². The van der Waals surface area contributed by atoms with Crippen molar-refractivity contribution in [3.63, 3.8) is 0 Å². The van der Waals surface area contributed by atoms with Gasteiger partial charge in [0.1, 0.15) is 6.04 Å². The lowest BCUT2D eigenvalue weighted by Crippen LogP contribution is -2.42. The van der Waals surface area contributed by atoms with Gasteiger partial charge in [-0.2, -0.15) is 0 Å². The number of urea groups is 1. The number of nitrogens with one attached hydrogen (secondary N) is 2. The number of likely N-dealkylation sites (tertiary alicyclic amines) is 1. The third-order valence-corrected chi connectivity index (χ3v) is 5.17. The van der Waals surface area contributed by atoms with Gasteiger partial charge in [0.25, 0.3) is 5.91 Å². The van der Waals surface area contributed by atoms with Gasteiger partial charge in [-0.05, 0) is 44.1 Å². The molecule has 2 heterocycles. The number of piperidine rings is 1. The van der Waals surface area contributed by atoms with E-state index in [1.54, 1.807) is 0 Å². The Morgan fingerprint density at radius 3 is 2.44 bits per heavy atom. The molecule has 2 fully saturated rings. The molecule has 3 rings (SSSR count). The minimum atomic E-state index is -0.723. The minimum Gasteiger partial charge on any atom is -0.343 e. The Morgan fingerprint density at radius 2 is 1.84 bits per heavy atom. The fourth-order valence-corrected chi connectivity index (χ4v) is 3.50. The summed E-state index contributed by atoms with van der Waals surface area (Å²) in [6.45, 7) is 3.57. The first-order valence-corrected chi connectivity index (χ1v) is 8.96. The van der Waals surface area contributed by atoms with Crippen molar-refractivity contribution in [2.45, 2.75) is 45.1 Å². The predicted molar refractivity (Wildman–Crippen MR) is 93.9 cm³/mol. The van der Waals surface area contributed by atoms with Crippen molar-refractivity contribution in [2.24, 2.45) is 5.92 Å². The van der Waals surface area contributed by atoms with E-state index in [0.29, 0.717) is 5.92 Å². The monoisotopic (exact) mass is 343 g/mol. The van der Waals surface area contributed by atoms with Crippen LogP contribution < -0.4 is 10.6 Å². The van der Waals surface area contributed by atoms with E-state index in [9.17, 15) is 14.4 Å². The summed E-state index contributed by atoms with van der Waals surface area (Å²) < 4.78 is 0. The lowest BCUT2D eigenvalue weighted by atomic mass is 9.90. The molecule has 0 bridgehead atoms. The summed E-state index contributed by atoms with van der Waals surface area (Å²) in [7, 11) is 0. The van der Waals surface area contributed by atoms with Gasteiger partial charge in [-0.3, -0.25) is 14.9 Å². The van der Waals surface area contributed by atoms with Gasteiger partial charge in [0.05, 0.1) is 6.42 Å². The molecule has 0 spiro atoms. The van der Waals surface area contributed by atoms with Crippen molar-refractivity contribution in [1.82, 2.24) is 15.5 Å². The summed E-state index contributed by atoms with van der Waals surface area (Å²) in [6, 6.07) is 7.43. The third-order valence-electron chi connectivity index (χ3n) is 5.17. The molecule has 2 aliphatic heterocycles. The summed E-state index contributed by atoms with van der Waals surface area (Å²) >= 11 is 0. The van der Waals surface area contributed by atoms with Crippen LogP contribution in [0.5, 0.6) is 0 Å². The molecule has 0 saturated carbocycles. The average Bonchev–Trinajstić information content (AvgIpc) is 2.92. The van der Waals surface area contributed by atoms with Crippen LogP contribution in [0.15, 0.2) is 24.3 Å². The average molecular weight is 343 g/mol. The first kappa shape index (κ1) is 17.5. The molecule has 6 nitrogen and oxygen atoms in total. The highest BCUT2D eigenvalue weighted by Crippen LogP contribution is 2.23. The van der Waals surface area contributed by atoms with E-state index in [2.05, 4.69) is 41.8 Å². The Kier molecular flexibility index (Phi) is 5.36. The first-order chi connectivity index (χ1) is 12.0. The molecule has 1 atom stereocenters. The number of imide groups is 1. The van der Waals surface area contributed by atoms with Crippen LogP contribution in [0.3, 0.4) is 0 Å². The lowest BCUT2D eigenvalue weighted by Gasteiger charge is -2.32. The number of benzene rings is 1. The van der Waals surface area contributed by atoms with Gasteiger partial charge < -0.3 is 10.2 Å². The summed E-state index contributed by atoms with van der Waals surface area (Å²) in [5, 5.41) is 4.64. The molecule has 0 aromatic heterocycles. The molecular weight excluding hydrogens is 318 g/mol. The quantitative estimate of drug-likeness (QED) is 0.800. The highest BCUT2D eigenvalue weighted by molar-refractivity contribution is 6.05. The third kappa shape index (κ3) is 4.59. The topological polar surface area (TPSA) is 78.5 Å². The molecule has 2 aliphatic rings. The van der Waals surface area contributed by atoms with Crippen molar-refractivity contribution in [3.05, 3.63) is 35.4 Å². The van der Waals surface area contributed by atoms with Crippen molar-refractivity contribution < 1.29 is 14.4 Å². The molecule has 134 valence electrons.